The Labute approximate surface area is 265 Å². The number of ether oxygens (including phenoxy) is 2. The van der Waals surface area contributed by atoms with Gasteiger partial charge in [0.15, 0.2) is 6.10 Å². The van der Waals surface area contributed by atoms with Crippen LogP contribution in [0.2, 0.25) is 0 Å². The van der Waals surface area contributed by atoms with Crippen molar-refractivity contribution in [2.24, 2.45) is 0 Å². The largest absolute Gasteiger partial charge is 0.453 e. The third kappa shape index (κ3) is 7.83. The van der Waals surface area contributed by atoms with Crippen LogP contribution < -0.4 is 16.5 Å². The molecule has 2 aromatic heterocycles. The molecule has 0 bridgehead atoms. The average Bonchev–Trinajstić information content (AvgIpc) is 3.56. The number of alkyl halides is 2. The van der Waals surface area contributed by atoms with Gasteiger partial charge in [-0.25, -0.2) is 14.4 Å². The monoisotopic (exact) mass is 687 g/mol. The first-order chi connectivity index (χ1) is 21.4. The Kier molecular flexibility index (Phi) is 10.4. The van der Waals surface area contributed by atoms with E-state index in [1.807, 2.05) is 0 Å². The zero-order valence-corrected chi connectivity index (χ0v) is 26.7. The molecule has 5 atom stereocenters. The molecule has 1 aliphatic heterocycles. The van der Waals surface area contributed by atoms with Crippen LogP contribution in [0, 0.1) is 17.0 Å². The van der Waals surface area contributed by atoms with Crippen molar-refractivity contribution in [2.45, 2.75) is 70.3 Å². The van der Waals surface area contributed by atoms with E-state index in [4.69, 9.17) is 24.3 Å². The van der Waals surface area contributed by atoms with Gasteiger partial charge in [-0.05, 0) is 51.0 Å². The summed E-state index contributed by atoms with van der Waals surface area (Å²) in [5, 5.41) is 23.8. The summed E-state index contributed by atoms with van der Waals surface area (Å²) in [7, 11) is -4.56. The average molecular weight is 688 g/mol. The van der Waals surface area contributed by atoms with E-state index in [2.05, 4.69) is 10.1 Å². The number of anilines is 1. The van der Waals surface area contributed by atoms with Crippen molar-refractivity contribution < 1.29 is 46.7 Å². The number of nitrogens with one attached hydrogen (secondary N) is 1. The van der Waals surface area contributed by atoms with E-state index < -0.39 is 66.9 Å². The minimum atomic E-state index is -4.56. The first-order valence-corrected chi connectivity index (χ1v) is 16.0. The molecule has 19 heteroatoms. The van der Waals surface area contributed by atoms with Gasteiger partial charge in [-0.1, -0.05) is 35.6 Å². The Hall–Kier alpha value is -3.64. The molecule has 0 radical (unpaired) electrons. The number of esters is 1. The van der Waals surface area contributed by atoms with Crippen molar-refractivity contribution in [3.05, 3.63) is 85.3 Å². The van der Waals surface area contributed by atoms with Gasteiger partial charge < -0.3 is 20.3 Å². The van der Waals surface area contributed by atoms with Crippen LogP contribution in [0.1, 0.15) is 43.0 Å². The lowest BCUT2D eigenvalue weighted by Crippen LogP contribution is -2.42. The summed E-state index contributed by atoms with van der Waals surface area (Å²) in [4.78, 5) is 39.5. The van der Waals surface area contributed by atoms with Crippen LogP contribution in [-0.4, -0.2) is 56.3 Å². The molecule has 0 amide bonds. The van der Waals surface area contributed by atoms with Crippen LogP contribution in [0.25, 0.3) is 0 Å². The van der Waals surface area contributed by atoms with Gasteiger partial charge >= 0.3 is 30.3 Å². The van der Waals surface area contributed by atoms with Gasteiger partial charge in [-0.2, -0.15) is 13.8 Å². The first kappa shape index (κ1) is 35.2. The lowest BCUT2D eigenvalue weighted by molar-refractivity contribution is -0.380. The van der Waals surface area contributed by atoms with Crippen molar-refractivity contribution in [3.8, 4) is 0 Å². The van der Waals surface area contributed by atoms with Gasteiger partial charge in [0.25, 0.3) is 0 Å². The minimum Gasteiger partial charge on any atom is -0.453 e. The van der Waals surface area contributed by atoms with Gasteiger partial charge in [0.05, 0.1) is 23.0 Å². The number of thiophene rings is 1. The summed E-state index contributed by atoms with van der Waals surface area (Å²) in [6.07, 6.45) is -5.68. The molecule has 0 aliphatic carbocycles. The van der Waals surface area contributed by atoms with E-state index in [0.29, 0.717) is 15.0 Å². The number of aliphatic hydroxyl groups excluding tert-OH is 1. The maximum absolute atomic E-state index is 15.0. The summed E-state index contributed by atoms with van der Waals surface area (Å²) >= 11 is 0.813. The highest BCUT2D eigenvalue weighted by atomic mass is 32.1. The topological polar surface area (TPSA) is 207 Å². The number of hydrogen-bond donors (Lipinski definition) is 3. The second kappa shape index (κ2) is 13.6. The van der Waals surface area contributed by atoms with E-state index in [1.165, 1.54) is 32.9 Å². The highest BCUT2D eigenvalue weighted by Crippen LogP contribution is 2.48. The summed E-state index contributed by atoms with van der Waals surface area (Å²) in [6.45, 7) is 4.86. The lowest BCUT2D eigenvalue weighted by Gasteiger charge is -2.28. The highest BCUT2D eigenvalue weighted by molar-refractivity contribution is 7.51. The van der Waals surface area contributed by atoms with Crippen LogP contribution >= 0.6 is 19.1 Å². The molecule has 1 aliphatic rings. The number of nitrogens with two attached hydrogens (primary N) is 1. The molecule has 15 nitrogen and oxygen atoms in total. The number of aliphatic hydroxyl groups is 1. The number of aryl methyl sites for hydroxylation is 1. The molecule has 4 N–H and O–H groups in total. The second-order valence-corrected chi connectivity index (χ2v) is 13.7. The zero-order valence-electron chi connectivity index (χ0n) is 25.0. The molecule has 2 unspecified atom stereocenters. The maximum Gasteiger partial charge on any atom is 0.406 e. The summed E-state index contributed by atoms with van der Waals surface area (Å²) in [5.41, 5.74) is 4.32. The van der Waals surface area contributed by atoms with Crippen molar-refractivity contribution in [1.29, 1.82) is 0 Å². The Bertz CT molecular complexity index is 1700. The number of halogens is 2. The first-order valence-electron chi connectivity index (χ1n) is 13.7. The summed E-state index contributed by atoms with van der Waals surface area (Å²) < 4.78 is 66.4. The van der Waals surface area contributed by atoms with E-state index in [1.54, 1.807) is 31.2 Å². The van der Waals surface area contributed by atoms with Gasteiger partial charge in [0.1, 0.15) is 23.6 Å². The number of carbonyl (C=O) groups excluding carboxylic acids is 1. The molecular formula is C27H32F2N5O10PS. The van der Waals surface area contributed by atoms with Gasteiger partial charge in [-0.3, -0.25) is 28.5 Å². The maximum atomic E-state index is 15.0. The molecule has 1 aromatic carbocycles. The van der Waals surface area contributed by atoms with Gasteiger partial charge in [0.2, 0.25) is 6.23 Å². The number of nitrogen functional groups attached to an aromatic ring is 1. The highest BCUT2D eigenvalue weighted by Gasteiger charge is 2.60. The fraction of sp³-hybridized carbons (Fsp3) is 0.444. The Balaban J connectivity index is 1.51. The van der Waals surface area contributed by atoms with E-state index in [0.717, 1.165) is 29.2 Å². The number of benzene rings is 1. The van der Waals surface area contributed by atoms with Gasteiger partial charge in [-0.15, -0.1) is 0 Å². The molecular weight excluding hydrogens is 655 g/mol. The van der Waals surface area contributed by atoms with E-state index >= 15 is 8.78 Å². The normalized spacial score (nSPS) is 21.4. The molecule has 3 heterocycles. The van der Waals surface area contributed by atoms with Crippen molar-refractivity contribution in [1.82, 2.24) is 14.6 Å². The molecule has 250 valence electrons. The molecule has 1 fully saturated rings. The molecule has 46 heavy (non-hydrogen) atoms. The summed E-state index contributed by atoms with van der Waals surface area (Å²) in [6, 6.07) is 9.37. The Morgan fingerprint density at radius 3 is 2.63 bits per heavy atom. The Morgan fingerprint density at radius 1 is 1.30 bits per heavy atom. The van der Waals surface area contributed by atoms with Crippen LogP contribution in [0.15, 0.2) is 53.5 Å². The van der Waals surface area contributed by atoms with Crippen LogP contribution in [-0.2, 0) is 40.1 Å². The molecule has 1 saturated heterocycles. The predicted molar refractivity (Wildman–Crippen MR) is 160 cm³/mol. The molecule has 0 saturated carbocycles. The predicted octanol–water partition coefficient (Wildman–Crippen LogP) is 3.80. The second-order valence-electron chi connectivity index (χ2n) is 10.9. The Morgan fingerprint density at radius 2 is 2.00 bits per heavy atom. The van der Waals surface area contributed by atoms with Crippen LogP contribution in [0.4, 0.5) is 19.6 Å². The third-order valence-electron chi connectivity index (χ3n) is 6.97. The van der Waals surface area contributed by atoms with Crippen molar-refractivity contribution in [3.63, 3.8) is 0 Å². The number of carbonyl (C=O) groups is 1. The lowest BCUT2D eigenvalue weighted by atomic mass is 10.1. The number of nitro groups is 1. The molecule has 0 spiro atoms. The SMILES string of the molecule is Cc1ccccc1COP(=O)(N[C@@H](C)C(=O)OC(C)(C)c1ccc([N+](=O)[O-])s1)OC[C@H]1O[C@@H](n2ccc(N)nc2=O)C(F)(F)C1O. The third-order valence-corrected chi connectivity index (χ3v) is 9.97. The minimum absolute atomic E-state index is 0.158. The van der Waals surface area contributed by atoms with Crippen LogP contribution in [0.3, 0.4) is 0 Å². The smallest absolute Gasteiger partial charge is 0.406 e. The molecule has 4 rings (SSSR count). The van der Waals surface area contributed by atoms with Crippen molar-refractivity contribution >= 4 is 35.9 Å². The standard InChI is InChI=1S/C27H32F2N5O10PS/c1-15-7-5-6-8-17(15)13-41-45(40,32-16(2)23(36)44-26(3,4)19-9-10-21(46-19)34(38)39)42-14-18-22(35)27(28,29)24(43-18)33-12-11-20(30)31-25(33)37/h5-12,16,18,22,24,35H,13-14H2,1-4H3,(H,32,40)(H2,30,31,37)/t16-,18+,22?,24+,45?/m0/s1. The fourth-order valence-electron chi connectivity index (χ4n) is 4.35. The zero-order chi connectivity index (χ0) is 34.0. The van der Waals surface area contributed by atoms with E-state index in [9.17, 15) is 29.4 Å². The van der Waals surface area contributed by atoms with E-state index in [-0.39, 0.29) is 17.4 Å². The fourth-order valence-corrected chi connectivity index (χ4v) is 6.66. The number of aromatic nitrogens is 2. The number of rotatable bonds is 13. The summed E-state index contributed by atoms with van der Waals surface area (Å²) in [5.74, 6) is -5.16. The van der Waals surface area contributed by atoms with Gasteiger partial charge in [0, 0.05) is 12.3 Å². The molecule has 3 aromatic rings. The number of hydrogen-bond acceptors (Lipinski definition) is 13. The number of nitrogens with zero attached hydrogens (tertiary/aromatic N) is 3. The van der Waals surface area contributed by atoms with Crippen LogP contribution in [0.5, 0.6) is 0 Å². The van der Waals surface area contributed by atoms with Crippen molar-refractivity contribution in [2.75, 3.05) is 12.3 Å². The quantitative estimate of drug-likeness (QED) is 0.101.